The summed E-state index contributed by atoms with van der Waals surface area (Å²) < 4.78 is 0. The second-order valence-corrected chi connectivity index (χ2v) is 7.21. The van der Waals surface area contributed by atoms with Gasteiger partial charge in [0, 0.05) is 5.25 Å². The zero-order chi connectivity index (χ0) is 11.2. The molecule has 94 valence electrons. The molecule has 2 rings (SSSR count). The highest BCUT2D eigenvalue weighted by Crippen LogP contribution is 2.40. The van der Waals surface area contributed by atoms with Gasteiger partial charge in [0.15, 0.2) is 0 Å². The zero-order valence-corrected chi connectivity index (χ0v) is 11.7. The van der Waals surface area contributed by atoms with Crippen molar-refractivity contribution in [1.82, 2.24) is 0 Å². The van der Waals surface area contributed by atoms with Crippen molar-refractivity contribution in [2.75, 3.05) is 5.75 Å². The van der Waals surface area contributed by atoms with Crippen LogP contribution >= 0.6 is 11.8 Å². The molecule has 2 fully saturated rings. The summed E-state index contributed by atoms with van der Waals surface area (Å²) in [4.78, 5) is 0. The predicted molar refractivity (Wildman–Crippen MR) is 75.1 cm³/mol. The van der Waals surface area contributed by atoms with E-state index in [4.69, 9.17) is 0 Å². The number of hydrogen-bond acceptors (Lipinski definition) is 1. The molecule has 0 nitrogen and oxygen atoms in total. The largest absolute Gasteiger partial charge is 0.159 e. The van der Waals surface area contributed by atoms with Gasteiger partial charge in [0.25, 0.3) is 0 Å². The van der Waals surface area contributed by atoms with Crippen LogP contribution in [0.15, 0.2) is 0 Å². The molecule has 0 radical (unpaired) electrons. The van der Waals surface area contributed by atoms with Crippen molar-refractivity contribution < 1.29 is 0 Å². The minimum absolute atomic E-state index is 1.01. The van der Waals surface area contributed by atoms with E-state index < -0.39 is 0 Å². The fourth-order valence-corrected chi connectivity index (χ4v) is 4.79. The molecule has 0 N–H and O–H groups in total. The molecule has 0 heterocycles. The Morgan fingerprint density at radius 2 is 1.44 bits per heavy atom. The van der Waals surface area contributed by atoms with Crippen LogP contribution in [0.25, 0.3) is 0 Å². The van der Waals surface area contributed by atoms with E-state index >= 15 is 0 Å². The van der Waals surface area contributed by atoms with E-state index in [0.29, 0.717) is 0 Å². The summed E-state index contributed by atoms with van der Waals surface area (Å²) in [5, 5.41) is 1.01. The van der Waals surface area contributed by atoms with Crippen LogP contribution in [-0.4, -0.2) is 11.0 Å². The summed E-state index contributed by atoms with van der Waals surface area (Å²) >= 11 is 2.25. The molecule has 0 bridgehead atoms. The molecular weight excluding hydrogens is 212 g/mol. The van der Waals surface area contributed by atoms with Crippen LogP contribution in [-0.2, 0) is 0 Å². The van der Waals surface area contributed by atoms with Crippen LogP contribution in [0.2, 0.25) is 0 Å². The second kappa shape index (κ2) is 6.93. The van der Waals surface area contributed by atoms with Crippen molar-refractivity contribution in [3.8, 4) is 0 Å². The van der Waals surface area contributed by atoms with E-state index in [9.17, 15) is 0 Å². The molecule has 16 heavy (non-hydrogen) atoms. The summed E-state index contributed by atoms with van der Waals surface area (Å²) in [5.74, 6) is 3.61. The molecule has 2 aliphatic carbocycles. The molecule has 0 atom stereocenters. The molecule has 0 aliphatic heterocycles. The van der Waals surface area contributed by atoms with Crippen molar-refractivity contribution in [1.29, 1.82) is 0 Å². The Hall–Kier alpha value is 0.350. The summed E-state index contributed by atoms with van der Waals surface area (Å²) in [6.07, 6.45) is 15.2. The Morgan fingerprint density at radius 3 is 2.06 bits per heavy atom. The molecular formula is C15H28S. The Kier molecular flexibility index (Phi) is 5.55. The first-order valence-electron chi connectivity index (χ1n) is 7.51. The summed E-state index contributed by atoms with van der Waals surface area (Å²) in [6.45, 7) is 2.31. The average Bonchev–Trinajstić information content (AvgIpc) is 2.38. The number of rotatable bonds is 4. The van der Waals surface area contributed by atoms with Gasteiger partial charge in [-0.2, -0.15) is 11.8 Å². The van der Waals surface area contributed by atoms with Gasteiger partial charge in [-0.25, -0.2) is 0 Å². The minimum atomic E-state index is 1.01. The number of hydrogen-bond donors (Lipinski definition) is 0. The Labute approximate surface area is 106 Å². The Morgan fingerprint density at radius 1 is 0.812 bits per heavy atom. The smallest absolute Gasteiger partial charge is 0.00472 e. The van der Waals surface area contributed by atoms with Gasteiger partial charge in [-0.15, -0.1) is 0 Å². The normalized spacial score (nSPS) is 32.8. The lowest BCUT2D eigenvalue weighted by molar-refractivity contribution is 0.198. The van der Waals surface area contributed by atoms with Crippen LogP contribution in [0, 0.1) is 11.8 Å². The standard InChI is InChI=1S/C15H28S/c1-2-12-16-15-10-8-14(9-11-15)13-6-4-3-5-7-13/h13-15H,2-12H2,1H3. The maximum atomic E-state index is 2.31. The van der Waals surface area contributed by atoms with Crippen LogP contribution in [0.1, 0.15) is 71.1 Å². The van der Waals surface area contributed by atoms with Gasteiger partial charge in [0.05, 0.1) is 0 Å². The van der Waals surface area contributed by atoms with E-state index in [1.807, 2.05) is 0 Å². The highest BCUT2D eigenvalue weighted by atomic mass is 32.2. The molecule has 0 aromatic heterocycles. The van der Waals surface area contributed by atoms with Crippen molar-refractivity contribution in [3.05, 3.63) is 0 Å². The first kappa shape index (κ1) is 12.8. The first-order valence-corrected chi connectivity index (χ1v) is 8.56. The van der Waals surface area contributed by atoms with E-state index in [2.05, 4.69) is 18.7 Å². The molecule has 0 amide bonds. The van der Waals surface area contributed by atoms with Gasteiger partial charge in [0.2, 0.25) is 0 Å². The predicted octanol–water partition coefficient (Wildman–Crippen LogP) is 5.27. The molecule has 0 unspecified atom stereocenters. The Bertz CT molecular complexity index is 176. The molecule has 1 heteroatoms. The van der Waals surface area contributed by atoms with Crippen LogP contribution in [0.4, 0.5) is 0 Å². The molecule has 0 spiro atoms. The highest BCUT2D eigenvalue weighted by Gasteiger charge is 2.28. The van der Waals surface area contributed by atoms with Gasteiger partial charge < -0.3 is 0 Å². The molecule has 0 aromatic carbocycles. The quantitative estimate of drug-likeness (QED) is 0.645. The second-order valence-electron chi connectivity index (χ2n) is 5.81. The summed E-state index contributed by atoms with van der Waals surface area (Å²) in [5.41, 5.74) is 0. The van der Waals surface area contributed by atoms with E-state index in [0.717, 1.165) is 17.1 Å². The topological polar surface area (TPSA) is 0 Å². The lowest BCUT2D eigenvalue weighted by Crippen LogP contribution is -2.24. The van der Waals surface area contributed by atoms with Gasteiger partial charge in [-0.1, -0.05) is 39.0 Å². The van der Waals surface area contributed by atoms with E-state index in [1.54, 1.807) is 25.7 Å². The Balaban J connectivity index is 1.67. The van der Waals surface area contributed by atoms with Gasteiger partial charge in [0.1, 0.15) is 0 Å². The lowest BCUT2D eigenvalue weighted by atomic mass is 9.73. The summed E-state index contributed by atoms with van der Waals surface area (Å²) in [6, 6.07) is 0. The molecule has 0 saturated heterocycles. The van der Waals surface area contributed by atoms with Crippen molar-refractivity contribution in [3.63, 3.8) is 0 Å². The fraction of sp³-hybridized carbons (Fsp3) is 1.00. The molecule has 0 aromatic rings. The first-order chi connectivity index (χ1) is 7.90. The molecule has 2 aliphatic rings. The van der Waals surface area contributed by atoms with Crippen LogP contribution in [0.5, 0.6) is 0 Å². The van der Waals surface area contributed by atoms with Gasteiger partial charge in [-0.05, 0) is 49.7 Å². The maximum absolute atomic E-state index is 2.31. The monoisotopic (exact) mass is 240 g/mol. The lowest BCUT2D eigenvalue weighted by Gasteiger charge is -2.35. The zero-order valence-electron chi connectivity index (χ0n) is 10.9. The summed E-state index contributed by atoms with van der Waals surface area (Å²) in [7, 11) is 0. The van der Waals surface area contributed by atoms with Crippen molar-refractivity contribution >= 4 is 11.8 Å². The minimum Gasteiger partial charge on any atom is -0.159 e. The third-order valence-corrected chi connectivity index (χ3v) is 6.18. The van der Waals surface area contributed by atoms with E-state index in [1.165, 1.54) is 44.3 Å². The van der Waals surface area contributed by atoms with Crippen LogP contribution in [0.3, 0.4) is 0 Å². The SMILES string of the molecule is CCCSC1CCC(C2CCCCC2)CC1. The third-order valence-electron chi connectivity index (χ3n) is 4.59. The third kappa shape index (κ3) is 3.68. The number of thioether (sulfide) groups is 1. The maximum Gasteiger partial charge on any atom is 0.00472 e. The van der Waals surface area contributed by atoms with Gasteiger partial charge >= 0.3 is 0 Å². The van der Waals surface area contributed by atoms with Crippen molar-refractivity contribution in [2.45, 2.75) is 76.4 Å². The average molecular weight is 240 g/mol. The van der Waals surface area contributed by atoms with Crippen molar-refractivity contribution in [2.24, 2.45) is 11.8 Å². The van der Waals surface area contributed by atoms with Gasteiger partial charge in [-0.3, -0.25) is 0 Å². The molecule has 2 saturated carbocycles. The fourth-order valence-electron chi connectivity index (χ4n) is 3.62. The van der Waals surface area contributed by atoms with E-state index in [-0.39, 0.29) is 0 Å². The highest BCUT2D eigenvalue weighted by molar-refractivity contribution is 7.99. The van der Waals surface area contributed by atoms with Crippen LogP contribution < -0.4 is 0 Å².